The summed E-state index contributed by atoms with van der Waals surface area (Å²) in [5, 5.41) is 7.25. The van der Waals surface area contributed by atoms with Crippen LogP contribution in [-0.2, 0) is 21.2 Å². The Morgan fingerprint density at radius 3 is 2.67 bits per heavy atom. The smallest absolute Gasteiger partial charge is 0.238 e. The van der Waals surface area contributed by atoms with Gasteiger partial charge in [-0.05, 0) is 30.3 Å². The monoisotopic (exact) mass is 309 g/mol. The van der Waals surface area contributed by atoms with E-state index in [2.05, 4.69) is 10.3 Å². The average molecular weight is 309 g/mol. The van der Waals surface area contributed by atoms with Crippen molar-refractivity contribution in [3.63, 3.8) is 0 Å². The Hall–Kier alpha value is -2.32. The van der Waals surface area contributed by atoms with E-state index in [9.17, 15) is 17.6 Å². The van der Waals surface area contributed by atoms with Crippen LogP contribution in [0.25, 0.3) is 0 Å². The second-order valence-corrected chi connectivity index (χ2v) is 5.79. The van der Waals surface area contributed by atoms with Gasteiger partial charge in [0.2, 0.25) is 15.9 Å². The number of halogens is 1. The molecule has 0 spiro atoms. The van der Waals surface area contributed by atoms with Crippen molar-refractivity contribution >= 4 is 21.6 Å². The molecule has 6 nitrogen and oxygen atoms in total. The van der Waals surface area contributed by atoms with E-state index in [0.717, 1.165) is 18.2 Å². The van der Waals surface area contributed by atoms with Crippen molar-refractivity contribution in [2.24, 2.45) is 5.14 Å². The fourth-order valence-corrected chi connectivity index (χ4v) is 2.18. The summed E-state index contributed by atoms with van der Waals surface area (Å²) in [5.74, 6) is -1.27. The molecule has 2 rings (SSSR count). The molecule has 0 aliphatic heterocycles. The standard InChI is InChI=1S/C13H12FN3O3S/c14-11-5-4-10(21(15,19)20)8-12(11)17-13(18)7-9-3-1-2-6-16-9/h1-6,8H,7H2,(H,17,18)(H2,15,19,20). The number of aromatic nitrogens is 1. The number of primary sulfonamides is 1. The lowest BCUT2D eigenvalue weighted by molar-refractivity contribution is -0.115. The van der Waals surface area contributed by atoms with Gasteiger partial charge in [-0.25, -0.2) is 17.9 Å². The van der Waals surface area contributed by atoms with Gasteiger partial charge >= 0.3 is 0 Å². The SMILES string of the molecule is NS(=O)(=O)c1ccc(F)c(NC(=O)Cc2ccccn2)c1. The molecule has 2 aromatic rings. The summed E-state index contributed by atoms with van der Waals surface area (Å²) in [6.07, 6.45) is 1.48. The molecule has 0 unspecified atom stereocenters. The number of pyridine rings is 1. The summed E-state index contributed by atoms with van der Waals surface area (Å²) in [6, 6.07) is 8.00. The molecule has 8 heteroatoms. The van der Waals surface area contributed by atoms with Crippen molar-refractivity contribution < 1.29 is 17.6 Å². The van der Waals surface area contributed by atoms with E-state index in [0.29, 0.717) is 5.69 Å². The first-order chi connectivity index (χ1) is 9.86. The van der Waals surface area contributed by atoms with Crippen LogP contribution in [0.4, 0.5) is 10.1 Å². The highest BCUT2D eigenvalue weighted by atomic mass is 32.2. The van der Waals surface area contributed by atoms with Crippen molar-refractivity contribution in [3.8, 4) is 0 Å². The minimum Gasteiger partial charge on any atom is -0.323 e. The summed E-state index contributed by atoms with van der Waals surface area (Å²) in [6.45, 7) is 0. The van der Waals surface area contributed by atoms with E-state index in [1.54, 1.807) is 18.2 Å². The molecular weight excluding hydrogens is 297 g/mol. The molecule has 1 heterocycles. The highest BCUT2D eigenvalue weighted by Gasteiger charge is 2.13. The van der Waals surface area contributed by atoms with Crippen LogP contribution in [0, 0.1) is 5.82 Å². The first-order valence-corrected chi connectivity index (χ1v) is 7.43. The summed E-state index contributed by atoms with van der Waals surface area (Å²) in [4.78, 5) is 15.5. The summed E-state index contributed by atoms with van der Waals surface area (Å²) in [5.41, 5.74) is 0.264. The molecule has 1 aromatic carbocycles. The Balaban J connectivity index is 2.17. The number of amides is 1. The molecule has 0 aliphatic rings. The van der Waals surface area contributed by atoms with Gasteiger partial charge in [-0.3, -0.25) is 9.78 Å². The van der Waals surface area contributed by atoms with Gasteiger partial charge in [0, 0.05) is 11.9 Å². The van der Waals surface area contributed by atoms with Crippen LogP contribution in [0.2, 0.25) is 0 Å². The summed E-state index contributed by atoms with van der Waals surface area (Å²) in [7, 11) is -3.97. The van der Waals surface area contributed by atoms with Gasteiger partial charge in [0.1, 0.15) is 5.82 Å². The van der Waals surface area contributed by atoms with Crippen LogP contribution >= 0.6 is 0 Å². The van der Waals surface area contributed by atoms with Gasteiger partial charge in [-0.15, -0.1) is 0 Å². The molecule has 3 N–H and O–H groups in total. The number of rotatable bonds is 4. The molecule has 0 bridgehead atoms. The van der Waals surface area contributed by atoms with E-state index in [4.69, 9.17) is 5.14 Å². The number of nitrogens with one attached hydrogen (secondary N) is 1. The van der Waals surface area contributed by atoms with E-state index in [-0.39, 0.29) is 17.0 Å². The van der Waals surface area contributed by atoms with Crippen molar-refractivity contribution in [2.45, 2.75) is 11.3 Å². The third kappa shape index (κ3) is 4.07. The summed E-state index contributed by atoms with van der Waals surface area (Å²) >= 11 is 0. The fourth-order valence-electron chi connectivity index (χ4n) is 1.64. The van der Waals surface area contributed by atoms with Crippen LogP contribution < -0.4 is 10.5 Å². The van der Waals surface area contributed by atoms with E-state index in [1.807, 2.05) is 0 Å². The lowest BCUT2D eigenvalue weighted by Gasteiger charge is -2.08. The molecule has 1 amide bonds. The molecule has 1 aromatic heterocycles. The number of nitrogens with zero attached hydrogens (tertiary/aromatic N) is 1. The molecule has 110 valence electrons. The molecule has 21 heavy (non-hydrogen) atoms. The number of sulfonamides is 1. The number of anilines is 1. The second kappa shape index (κ2) is 5.98. The Morgan fingerprint density at radius 2 is 2.05 bits per heavy atom. The van der Waals surface area contributed by atoms with Gasteiger partial charge in [-0.1, -0.05) is 6.07 Å². The first kappa shape index (κ1) is 15.1. The Kier molecular flexibility index (Phi) is 4.29. The largest absolute Gasteiger partial charge is 0.323 e. The molecule has 0 fully saturated rings. The maximum atomic E-state index is 13.6. The number of carbonyl (C=O) groups is 1. The van der Waals surface area contributed by atoms with Crippen molar-refractivity contribution in [3.05, 3.63) is 54.1 Å². The third-order valence-electron chi connectivity index (χ3n) is 2.61. The summed E-state index contributed by atoms with van der Waals surface area (Å²) < 4.78 is 36.0. The first-order valence-electron chi connectivity index (χ1n) is 5.88. The van der Waals surface area contributed by atoms with Crippen molar-refractivity contribution in [1.29, 1.82) is 0 Å². The van der Waals surface area contributed by atoms with E-state index < -0.39 is 21.7 Å². The fraction of sp³-hybridized carbons (Fsp3) is 0.0769. The second-order valence-electron chi connectivity index (χ2n) is 4.23. The lowest BCUT2D eigenvalue weighted by atomic mass is 10.2. The minimum absolute atomic E-state index is 0.0557. The molecular formula is C13H12FN3O3S. The Bertz CT molecular complexity index is 763. The number of hydrogen-bond donors (Lipinski definition) is 2. The lowest BCUT2D eigenvalue weighted by Crippen LogP contribution is -2.17. The zero-order chi connectivity index (χ0) is 15.5. The molecule has 0 aliphatic carbocycles. The number of nitrogens with two attached hydrogens (primary N) is 1. The minimum atomic E-state index is -3.97. The van der Waals surface area contributed by atoms with Crippen LogP contribution in [0.15, 0.2) is 47.5 Å². The quantitative estimate of drug-likeness (QED) is 0.881. The molecule has 0 radical (unpaired) electrons. The van der Waals surface area contributed by atoms with Crippen LogP contribution in [-0.4, -0.2) is 19.3 Å². The Morgan fingerprint density at radius 1 is 1.29 bits per heavy atom. The topological polar surface area (TPSA) is 102 Å². The van der Waals surface area contributed by atoms with Gasteiger partial charge < -0.3 is 5.32 Å². The number of carbonyl (C=O) groups excluding carboxylic acids is 1. The Labute approximate surface area is 120 Å². The predicted octanol–water partition coefficient (Wildman–Crippen LogP) is 1.05. The molecule has 0 saturated heterocycles. The maximum absolute atomic E-state index is 13.6. The van der Waals surface area contributed by atoms with Gasteiger partial charge in [-0.2, -0.15) is 0 Å². The van der Waals surface area contributed by atoms with E-state index in [1.165, 1.54) is 6.20 Å². The van der Waals surface area contributed by atoms with Gasteiger partial charge in [0.25, 0.3) is 0 Å². The molecule has 0 atom stereocenters. The van der Waals surface area contributed by atoms with Crippen molar-refractivity contribution in [1.82, 2.24) is 4.98 Å². The van der Waals surface area contributed by atoms with Crippen LogP contribution in [0.1, 0.15) is 5.69 Å². The van der Waals surface area contributed by atoms with E-state index >= 15 is 0 Å². The zero-order valence-electron chi connectivity index (χ0n) is 10.8. The highest BCUT2D eigenvalue weighted by Crippen LogP contribution is 2.19. The zero-order valence-corrected chi connectivity index (χ0v) is 11.6. The number of hydrogen-bond acceptors (Lipinski definition) is 4. The normalized spacial score (nSPS) is 11.1. The molecule has 0 saturated carbocycles. The van der Waals surface area contributed by atoms with Gasteiger partial charge in [0.15, 0.2) is 0 Å². The average Bonchev–Trinajstić information content (AvgIpc) is 2.41. The number of benzene rings is 1. The maximum Gasteiger partial charge on any atom is 0.238 e. The third-order valence-corrected chi connectivity index (χ3v) is 3.52. The van der Waals surface area contributed by atoms with Crippen LogP contribution in [0.3, 0.4) is 0 Å². The van der Waals surface area contributed by atoms with Crippen LogP contribution in [0.5, 0.6) is 0 Å². The van der Waals surface area contributed by atoms with Gasteiger partial charge in [0.05, 0.1) is 17.0 Å². The predicted molar refractivity (Wildman–Crippen MR) is 74.3 cm³/mol. The highest BCUT2D eigenvalue weighted by molar-refractivity contribution is 7.89. The van der Waals surface area contributed by atoms with Crippen molar-refractivity contribution in [2.75, 3.05) is 5.32 Å².